The van der Waals surface area contributed by atoms with E-state index < -0.39 is 0 Å². The number of carbonyl (C=O) groups excluding carboxylic acids is 1. The molecular formula is C19H25N3OS. The molecule has 0 unspecified atom stereocenters. The molecule has 128 valence electrons. The van der Waals surface area contributed by atoms with Gasteiger partial charge in [-0.05, 0) is 11.0 Å². The van der Waals surface area contributed by atoms with E-state index in [1.165, 1.54) is 10.4 Å². The molecule has 0 bridgehead atoms. The molecule has 4 nitrogen and oxygen atoms in total. The molecule has 0 fully saturated rings. The molecule has 0 saturated carbocycles. The van der Waals surface area contributed by atoms with Gasteiger partial charge in [0.2, 0.25) is 5.91 Å². The summed E-state index contributed by atoms with van der Waals surface area (Å²) in [6.07, 6.45) is 1.46. The second-order valence-electron chi connectivity index (χ2n) is 7.62. The van der Waals surface area contributed by atoms with Gasteiger partial charge in [0, 0.05) is 37.4 Å². The maximum absolute atomic E-state index is 12.1. The molecule has 0 aliphatic carbocycles. The number of fused-ring (bicyclic) bond motifs is 1. The van der Waals surface area contributed by atoms with Crippen molar-refractivity contribution >= 4 is 22.4 Å². The lowest BCUT2D eigenvalue weighted by Crippen LogP contribution is -2.29. The van der Waals surface area contributed by atoms with Crippen LogP contribution >= 0.6 is 11.3 Å². The summed E-state index contributed by atoms with van der Waals surface area (Å²) in [5.41, 5.74) is 2.48. The first-order chi connectivity index (χ1) is 11.4. The van der Waals surface area contributed by atoms with Crippen molar-refractivity contribution in [2.24, 2.45) is 5.41 Å². The van der Waals surface area contributed by atoms with Crippen LogP contribution in [0.3, 0.4) is 0 Å². The molecule has 1 aromatic heterocycles. The molecule has 3 rings (SSSR count). The summed E-state index contributed by atoms with van der Waals surface area (Å²) in [4.78, 5) is 20.4. The molecule has 2 heterocycles. The molecule has 0 saturated heterocycles. The zero-order valence-corrected chi connectivity index (χ0v) is 15.4. The number of thiazole rings is 1. The number of hydrogen-bond donors (Lipinski definition) is 1. The van der Waals surface area contributed by atoms with Gasteiger partial charge in [-0.15, -0.1) is 11.3 Å². The average Bonchev–Trinajstić information content (AvgIpc) is 2.87. The summed E-state index contributed by atoms with van der Waals surface area (Å²) < 4.78 is 0. The third kappa shape index (κ3) is 4.65. The predicted octanol–water partition coefficient (Wildman–Crippen LogP) is 4.08. The third-order valence-corrected chi connectivity index (χ3v) is 4.99. The van der Waals surface area contributed by atoms with E-state index in [0.29, 0.717) is 6.42 Å². The molecule has 0 spiro atoms. The van der Waals surface area contributed by atoms with E-state index in [0.717, 1.165) is 36.9 Å². The summed E-state index contributed by atoms with van der Waals surface area (Å²) in [6.45, 7) is 9.10. The molecule has 24 heavy (non-hydrogen) atoms. The van der Waals surface area contributed by atoms with Crippen LogP contribution in [0.2, 0.25) is 0 Å². The lowest BCUT2D eigenvalue weighted by Gasteiger charge is -2.25. The zero-order chi connectivity index (χ0) is 17.2. The standard InChI is InChI=1S/C19H25N3OS/c1-19(2,3)11-17(23)21-18-20-15-9-10-22(13-16(15)24-18)12-14-7-5-4-6-8-14/h4-8H,9-13H2,1-3H3,(H,20,21,23). The van der Waals surface area contributed by atoms with E-state index >= 15 is 0 Å². The minimum Gasteiger partial charge on any atom is -0.302 e. The fourth-order valence-corrected chi connectivity index (χ4v) is 3.99. The number of carbonyl (C=O) groups is 1. The van der Waals surface area contributed by atoms with Gasteiger partial charge in [-0.25, -0.2) is 4.98 Å². The van der Waals surface area contributed by atoms with E-state index in [2.05, 4.69) is 60.2 Å². The van der Waals surface area contributed by atoms with Crippen LogP contribution in [0.4, 0.5) is 5.13 Å². The summed E-state index contributed by atoms with van der Waals surface area (Å²) in [5, 5.41) is 3.72. The van der Waals surface area contributed by atoms with Crippen molar-refractivity contribution in [3.8, 4) is 0 Å². The number of amides is 1. The molecule has 1 aromatic carbocycles. The quantitative estimate of drug-likeness (QED) is 0.910. The smallest absolute Gasteiger partial charge is 0.226 e. The van der Waals surface area contributed by atoms with Gasteiger partial charge >= 0.3 is 0 Å². The van der Waals surface area contributed by atoms with Crippen LogP contribution in [0.1, 0.15) is 43.3 Å². The Kier molecular flexibility index (Phi) is 5.01. The van der Waals surface area contributed by atoms with Crippen molar-refractivity contribution in [3.05, 3.63) is 46.5 Å². The second-order valence-corrected chi connectivity index (χ2v) is 8.70. The van der Waals surface area contributed by atoms with Crippen LogP contribution in [0, 0.1) is 5.41 Å². The molecule has 1 amide bonds. The van der Waals surface area contributed by atoms with Gasteiger partial charge in [-0.1, -0.05) is 51.1 Å². The highest BCUT2D eigenvalue weighted by Crippen LogP contribution is 2.29. The van der Waals surface area contributed by atoms with Crippen molar-refractivity contribution in [1.82, 2.24) is 9.88 Å². The van der Waals surface area contributed by atoms with Gasteiger partial charge in [0.15, 0.2) is 5.13 Å². The van der Waals surface area contributed by atoms with Gasteiger partial charge in [0.05, 0.1) is 5.69 Å². The number of hydrogen-bond acceptors (Lipinski definition) is 4. The van der Waals surface area contributed by atoms with Crippen LogP contribution in [0.15, 0.2) is 30.3 Å². The lowest BCUT2D eigenvalue weighted by molar-refractivity contribution is -0.117. The number of rotatable bonds is 4. The van der Waals surface area contributed by atoms with Crippen molar-refractivity contribution < 1.29 is 4.79 Å². The second kappa shape index (κ2) is 7.03. The van der Waals surface area contributed by atoms with Crippen LogP contribution in [-0.4, -0.2) is 22.3 Å². The highest BCUT2D eigenvalue weighted by atomic mass is 32.1. The molecular weight excluding hydrogens is 318 g/mol. The summed E-state index contributed by atoms with van der Waals surface area (Å²) >= 11 is 1.62. The Balaban J connectivity index is 1.61. The van der Waals surface area contributed by atoms with Gasteiger partial charge in [-0.3, -0.25) is 9.69 Å². The van der Waals surface area contributed by atoms with E-state index in [1.807, 2.05) is 6.07 Å². The lowest BCUT2D eigenvalue weighted by atomic mass is 9.92. The number of benzene rings is 1. The molecule has 5 heteroatoms. The number of nitrogens with zero attached hydrogens (tertiary/aromatic N) is 2. The molecule has 0 radical (unpaired) electrons. The predicted molar refractivity (Wildman–Crippen MR) is 99.1 cm³/mol. The van der Waals surface area contributed by atoms with Crippen LogP contribution in [0.25, 0.3) is 0 Å². The highest BCUT2D eigenvalue weighted by Gasteiger charge is 2.22. The maximum atomic E-state index is 12.1. The van der Waals surface area contributed by atoms with Crippen LogP contribution in [-0.2, 0) is 24.3 Å². The minimum atomic E-state index is -0.00651. The SMILES string of the molecule is CC(C)(C)CC(=O)Nc1nc2c(s1)CN(Cc1ccccc1)CC2. The Morgan fingerprint density at radius 1 is 1.29 bits per heavy atom. The van der Waals surface area contributed by atoms with Crippen molar-refractivity contribution in [3.63, 3.8) is 0 Å². The number of nitrogens with one attached hydrogen (secondary N) is 1. The topological polar surface area (TPSA) is 45.2 Å². The maximum Gasteiger partial charge on any atom is 0.226 e. The van der Waals surface area contributed by atoms with Crippen molar-refractivity contribution in [2.75, 3.05) is 11.9 Å². The Morgan fingerprint density at radius 3 is 2.75 bits per heavy atom. The van der Waals surface area contributed by atoms with E-state index in [9.17, 15) is 4.79 Å². The normalized spacial score (nSPS) is 15.1. The summed E-state index contributed by atoms with van der Waals surface area (Å²) in [6, 6.07) is 10.6. The molecule has 0 atom stereocenters. The Morgan fingerprint density at radius 2 is 2.04 bits per heavy atom. The number of aromatic nitrogens is 1. The van der Waals surface area contributed by atoms with E-state index in [4.69, 9.17) is 0 Å². The zero-order valence-electron chi connectivity index (χ0n) is 14.6. The first-order valence-electron chi connectivity index (χ1n) is 8.44. The summed E-state index contributed by atoms with van der Waals surface area (Å²) in [7, 11) is 0. The first kappa shape index (κ1) is 17.1. The van der Waals surface area contributed by atoms with Gasteiger partial charge in [0.25, 0.3) is 0 Å². The summed E-state index contributed by atoms with van der Waals surface area (Å²) in [5.74, 6) is 0.0507. The Hall–Kier alpha value is -1.72. The van der Waals surface area contributed by atoms with E-state index in [-0.39, 0.29) is 11.3 Å². The molecule has 1 aliphatic rings. The average molecular weight is 343 g/mol. The largest absolute Gasteiger partial charge is 0.302 e. The van der Waals surface area contributed by atoms with Gasteiger partial charge in [-0.2, -0.15) is 0 Å². The Labute approximate surface area is 147 Å². The fraction of sp³-hybridized carbons (Fsp3) is 0.474. The molecule has 1 aliphatic heterocycles. The van der Waals surface area contributed by atoms with E-state index in [1.54, 1.807) is 11.3 Å². The van der Waals surface area contributed by atoms with Crippen LogP contribution < -0.4 is 5.32 Å². The molecule has 2 aromatic rings. The fourth-order valence-electron chi connectivity index (χ4n) is 2.92. The third-order valence-electron chi connectivity index (χ3n) is 4.00. The van der Waals surface area contributed by atoms with Gasteiger partial charge in [0.1, 0.15) is 0 Å². The van der Waals surface area contributed by atoms with Gasteiger partial charge < -0.3 is 5.32 Å². The molecule has 1 N–H and O–H groups in total. The first-order valence-corrected chi connectivity index (χ1v) is 9.25. The van der Waals surface area contributed by atoms with Crippen molar-refractivity contribution in [2.45, 2.75) is 46.7 Å². The number of anilines is 1. The van der Waals surface area contributed by atoms with Crippen LogP contribution in [0.5, 0.6) is 0 Å². The Bertz CT molecular complexity index is 703. The monoisotopic (exact) mass is 343 g/mol. The minimum absolute atomic E-state index is 0.00651. The van der Waals surface area contributed by atoms with Crippen molar-refractivity contribution in [1.29, 1.82) is 0 Å². The highest BCUT2D eigenvalue weighted by molar-refractivity contribution is 7.15.